The fourth-order valence-corrected chi connectivity index (χ4v) is 6.63. The molecule has 0 aliphatic carbocycles. The first kappa shape index (κ1) is 46.2. The summed E-state index contributed by atoms with van der Waals surface area (Å²) >= 11 is 0.916. The predicted molar refractivity (Wildman–Crippen MR) is 210 cm³/mol. The standard InChI is InChI=1S/C38H50N8O11S/c1-21(2)33-37(56)43-25(13-14-32(51)52)38(57)46(3)18-30(49)41-26(16-23-9-11-24(47)12-10-23)35(54)44-28(34(53)40-17-29(39)48)19-58-20-31(50)42-27(36(55)45-33)15-22-7-5-4-6-8-22/h4-12,21,25-28,33,47H,13-20H2,1-3H3,(H2,39,48)(H,40,53)(H,41,49)(H,42,50)(H,43,56)(H,44,54)(H,45,55)(H,51,52)/t25-,26-,27-,28-,33-/m0/s1. The van der Waals surface area contributed by atoms with Gasteiger partial charge in [-0.25, -0.2) is 0 Å². The third-order valence-electron chi connectivity index (χ3n) is 8.82. The van der Waals surface area contributed by atoms with Crippen molar-refractivity contribution < 1.29 is 53.4 Å². The topological polar surface area (TPSA) is 296 Å². The normalized spacial score (nSPS) is 22.0. The van der Waals surface area contributed by atoms with Gasteiger partial charge < -0.3 is 52.7 Å². The smallest absolute Gasteiger partial charge is 0.303 e. The largest absolute Gasteiger partial charge is 0.508 e. The maximum Gasteiger partial charge on any atom is 0.303 e. The number of carbonyl (C=O) groups is 9. The number of carboxylic acid groups (broad SMARTS) is 1. The van der Waals surface area contributed by atoms with E-state index in [1.54, 1.807) is 44.2 Å². The number of benzene rings is 2. The van der Waals surface area contributed by atoms with Crippen LogP contribution in [-0.2, 0) is 56.0 Å². The summed E-state index contributed by atoms with van der Waals surface area (Å²) in [7, 11) is 1.24. The Bertz CT molecular complexity index is 1810. The molecule has 3 rings (SSSR count). The summed E-state index contributed by atoms with van der Waals surface area (Å²) in [6.07, 6.45) is -1.06. The van der Waals surface area contributed by atoms with E-state index in [0.717, 1.165) is 16.7 Å². The molecule has 10 N–H and O–H groups in total. The first-order valence-electron chi connectivity index (χ1n) is 18.4. The summed E-state index contributed by atoms with van der Waals surface area (Å²) in [5, 5.41) is 34.4. The van der Waals surface area contributed by atoms with Crippen LogP contribution in [0.1, 0.15) is 37.8 Å². The zero-order valence-corrected chi connectivity index (χ0v) is 33.1. The maximum absolute atomic E-state index is 13.8. The van der Waals surface area contributed by atoms with Crippen molar-refractivity contribution in [2.75, 3.05) is 31.6 Å². The van der Waals surface area contributed by atoms with Crippen molar-refractivity contribution in [1.29, 1.82) is 0 Å². The van der Waals surface area contributed by atoms with Crippen LogP contribution in [-0.4, -0.2) is 130 Å². The van der Waals surface area contributed by atoms with E-state index in [0.29, 0.717) is 11.1 Å². The van der Waals surface area contributed by atoms with Gasteiger partial charge in [-0.1, -0.05) is 56.3 Å². The molecule has 20 heteroatoms. The van der Waals surface area contributed by atoms with Crippen molar-refractivity contribution in [2.45, 2.75) is 69.7 Å². The lowest BCUT2D eigenvalue weighted by molar-refractivity contribution is -0.141. The molecular weight excluding hydrogens is 777 g/mol. The number of nitrogens with zero attached hydrogens (tertiary/aromatic N) is 1. The molecule has 1 heterocycles. The van der Waals surface area contributed by atoms with Gasteiger partial charge in [-0.05, 0) is 35.6 Å². The third-order valence-corrected chi connectivity index (χ3v) is 9.85. The maximum atomic E-state index is 13.8. The monoisotopic (exact) mass is 826 g/mol. The van der Waals surface area contributed by atoms with Crippen LogP contribution >= 0.6 is 11.8 Å². The van der Waals surface area contributed by atoms with Crippen LogP contribution in [0.25, 0.3) is 0 Å². The second kappa shape index (κ2) is 22.5. The molecule has 0 saturated carbocycles. The third kappa shape index (κ3) is 15.4. The molecule has 2 aromatic carbocycles. The Morgan fingerprint density at radius 2 is 1.40 bits per heavy atom. The Kier molecular flexibility index (Phi) is 17.9. The number of hydrogen-bond acceptors (Lipinski definition) is 11. The molecule has 0 bridgehead atoms. The number of amides is 8. The molecule has 0 unspecified atom stereocenters. The number of primary amides is 1. The number of carboxylic acids is 1. The predicted octanol–water partition coefficient (Wildman–Crippen LogP) is -2.07. The second-order valence-corrected chi connectivity index (χ2v) is 15.0. The van der Waals surface area contributed by atoms with Gasteiger partial charge in [-0.15, -0.1) is 11.8 Å². The van der Waals surface area contributed by atoms with Crippen molar-refractivity contribution in [3.8, 4) is 5.75 Å². The fourth-order valence-electron chi connectivity index (χ4n) is 5.77. The molecule has 314 valence electrons. The minimum absolute atomic E-state index is 0.0116. The molecule has 58 heavy (non-hydrogen) atoms. The average Bonchev–Trinajstić information content (AvgIpc) is 3.16. The van der Waals surface area contributed by atoms with E-state index in [9.17, 15) is 53.4 Å². The van der Waals surface area contributed by atoms with Gasteiger partial charge in [0, 0.05) is 32.1 Å². The SMILES string of the molecule is CC(C)[C@@H]1NC(=O)[C@H](Cc2ccccc2)NC(=O)CSC[C@@H](C(=O)NCC(N)=O)NC(=O)[C@H](Cc2ccc(O)cc2)NC(=O)CN(C)C(=O)[C@H](CCC(=O)O)NC1=O. The molecular formula is C38H50N8O11S. The summed E-state index contributed by atoms with van der Waals surface area (Å²) in [5.41, 5.74) is 6.36. The van der Waals surface area contributed by atoms with Gasteiger partial charge in [0.15, 0.2) is 0 Å². The number of phenolic OH excluding ortho intramolecular Hbond substituents is 1. The van der Waals surface area contributed by atoms with Crippen LogP contribution in [0.3, 0.4) is 0 Å². The number of hydrogen-bond donors (Lipinski definition) is 9. The number of aliphatic carboxylic acids is 1. The Hall–Kier alpha value is -6.18. The van der Waals surface area contributed by atoms with Gasteiger partial charge in [-0.3, -0.25) is 43.2 Å². The lowest BCUT2D eigenvalue weighted by Crippen LogP contribution is -2.59. The number of nitrogens with one attached hydrogen (secondary N) is 6. The van der Waals surface area contributed by atoms with Gasteiger partial charge in [0.25, 0.3) is 0 Å². The molecule has 1 saturated heterocycles. The highest BCUT2D eigenvalue weighted by molar-refractivity contribution is 8.00. The van der Waals surface area contributed by atoms with Crippen LogP contribution in [0.5, 0.6) is 5.75 Å². The quantitative estimate of drug-likeness (QED) is 0.118. The molecule has 2 aromatic rings. The highest BCUT2D eigenvalue weighted by Gasteiger charge is 2.34. The Labute approximate surface area is 339 Å². The minimum atomic E-state index is -1.46. The molecule has 0 radical (unpaired) electrons. The van der Waals surface area contributed by atoms with Gasteiger partial charge in [-0.2, -0.15) is 0 Å². The zero-order valence-electron chi connectivity index (χ0n) is 32.3. The van der Waals surface area contributed by atoms with Crippen molar-refractivity contribution in [3.05, 3.63) is 65.7 Å². The van der Waals surface area contributed by atoms with Gasteiger partial charge >= 0.3 is 5.97 Å². The Balaban J connectivity index is 2.04. The summed E-state index contributed by atoms with van der Waals surface area (Å²) in [4.78, 5) is 119. The van der Waals surface area contributed by atoms with Gasteiger partial charge in [0.1, 0.15) is 36.0 Å². The number of phenols is 1. The fraction of sp³-hybridized carbons (Fsp3) is 0.447. The molecule has 1 aliphatic rings. The molecule has 5 atom stereocenters. The van der Waals surface area contributed by atoms with Crippen LogP contribution in [0.15, 0.2) is 54.6 Å². The van der Waals surface area contributed by atoms with Crippen LogP contribution in [0.2, 0.25) is 0 Å². The number of likely N-dealkylation sites (N-methyl/N-ethyl adjacent to an activating group) is 1. The average molecular weight is 827 g/mol. The molecule has 0 spiro atoms. The molecule has 8 amide bonds. The number of aromatic hydroxyl groups is 1. The van der Waals surface area contributed by atoms with Crippen molar-refractivity contribution >= 4 is 65.0 Å². The molecule has 1 fully saturated rings. The Morgan fingerprint density at radius 1 is 0.810 bits per heavy atom. The van der Waals surface area contributed by atoms with Gasteiger partial charge in [0.2, 0.25) is 47.3 Å². The minimum Gasteiger partial charge on any atom is -0.508 e. The van der Waals surface area contributed by atoms with E-state index in [-0.39, 0.29) is 36.5 Å². The van der Waals surface area contributed by atoms with Crippen LogP contribution in [0.4, 0.5) is 0 Å². The van der Waals surface area contributed by atoms with E-state index in [2.05, 4.69) is 31.9 Å². The van der Waals surface area contributed by atoms with Gasteiger partial charge in [0.05, 0.1) is 18.8 Å². The molecule has 0 aromatic heterocycles. The van der Waals surface area contributed by atoms with E-state index in [1.165, 1.54) is 31.3 Å². The van der Waals surface area contributed by atoms with E-state index >= 15 is 0 Å². The number of carbonyl (C=O) groups excluding carboxylic acids is 8. The lowest BCUT2D eigenvalue weighted by Gasteiger charge is -2.29. The van der Waals surface area contributed by atoms with E-state index in [4.69, 9.17) is 5.73 Å². The summed E-state index contributed by atoms with van der Waals surface area (Å²) < 4.78 is 0. The molecule has 19 nitrogen and oxygen atoms in total. The first-order chi connectivity index (χ1) is 27.4. The molecule has 1 aliphatic heterocycles. The van der Waals surface area contributed by atoms with Crippen LogP contribution < -0.4 is 37.6 Å². The Morgan fingerprint density at radius 3 is 1.98 bits per heavy atom. The summed E-state index contributed by atoms with van der Waals surface area (Å²) in [6.45, 7) is 2.05. The van der Waals surface area contributed by atoms with E-state index < -0.39 is 109 Å². The highest BCUT2D eigenvalue weighted by atomic mass is 32.2. The lowest BCUT2D eigenvalue weighted by atomic mass is 10.00. The highest BCUT2D eigenvalue weighted by Crippen LogP contribution is 2.14. The number of rotatable bonds is 11. The number of nitrogens with two attached hydrogens (primary N) is 1. The first-order valence-corrected chi connectivity index (χ1v) is 19.5. The van der Waals surface area contributed by atoms with Crippen molar-refractivity contribution in [2.24, 2.45) is 11.7 Å². The van der Waals surface area contributed by atoms with Crippen molar-refractivity contribution in [3.63, 3.8) is 0 Å². The van der Waals surface area contributed by atoms with E-state index in [1.807, 2.05) is 0 Å². The van der Waals surface area contributed by atoms with Crippen LogP contribution in [0, 0.1) is 5.92 Å². The van der Waals surface area contributed by atoms with Crippen molar-refractivity contribution in [1.82, 2.24) is 36.8 Å². The summed E-state index contributed by atoms with van der Waals surface area (Å²) in [6, 6.07) is 7.79. The summed E-state index contributed by atoms with van der Waals surface area (Å²) in [5.74, 6) is -8.85. The zero-order chi connectivity index (χ0) is 42.9. The second-order valence-electron chi connectivity index (χ2n) is 14.0. The number of thioether (sulfide) groups is 1.